The highest BCUT2D eigenvalue weighted by Gasteiger charge is 2.10. The number of anilines is 1. The van der Waals surface area contributed by atoms with Crippen molar-refractivity contribution >= 4 is 11.7 Å². The molecule has 23 heavy (non-hydrogen) atoms. The van der Waals surface area contributed by atoms with E-state index in [1.165, 1.54) is 0 Å². The first-order valence-corrected chi connectivity index (χ1v) is 7.63. The number of rotatable bonds is 7. The summed E-state index contributed by atoms with van der Waals surface area (Å²) >= 11 is 0. The molecule has 0 atom stereocenters. The SMILES string of the molecule is Cc1cc(NC(=O)CN(C)CCOc2ccccc2C)n(C)n1. The Hall–Kier alpha value is -2.34. The summed E-state index contributed by atoms with van der Waals surface area (Å²) in [5.41, 5.74) is 1.99. The van der Waals surface area contributed by atoms with Gasteiger partial charge in [0.1, 0.15) is 18.2 Å². The van der Waals surface area contributed by atoms with Crippen molar-refractivity contribution in [2.75, 3.05) is 32.1 Å². The summed E-state index contributed by atoms with van der Waals surface area (Å²) < 4.78 is 7.40. The molecule has 1 aromatic heterocycles. The van der Waals surface area contributed by atoms with Gasteiger partial charge in [-0.15, -0.1) is 0 Å². The number of aromatic nitrogens is 2. The number of nitrogens with zero attached hydrogens (tertiary/aromatic N) is 3. The molecular formula is C17H24N4O2. The number of hydrogen-bond donors (Lipinski definition) is 1. The van der Waals surface area contributed by atoms with Crippen LogP contribution in [0.2, 0.25) is 0 Å². The molecule has 0 spiro atoms. The zero-order valence-electron chi connectivity index (χ0n) is 14.2. The number of nitrogens with one attached hydrogen (secondary N) is 1. The fraction of sp³-hybridized carbons (Fsp3) is 0.412. The average molecular weight is 316 g/mol. The predicted octanol–water partition coefficient (Wildman–Crippen LogP) is 1.99. The molecule has 2 rings (SSSR count). The minimum atomic E-state index is -0.0635. The molecule has 124 valence electrons. The van der Waals surface area contributed by atoms with E-state index in [1.54, 1.807) is 4.68 Å². The maximum Gasteiger partial charge on any atom is 0.239 e. The summed E-state index contributed by atoms with van der Waals surface area (Å²) in [6.07, 6.45) is 0. The Morgan fingerprint density at radius 3 is 2.74 bits per heavy atom. The van der Waals surface area contributed by atoms with Crippen LogP contribution in [0.15, 0.2) is 30.3 Å². The van der Waals surface area contributed by atoms with Gasteiger partial charge in [-0.05, 0) is 32.5 Å². The number of benzene rings is 1. The predicted molar refractivity (Wildman–Crippen MR) is 90.7 cm³/mol. The molecular weight excluding hydrogens is 292 g/mol. The number of carbonyl (C=O) groups is 1. The van der Waals surface area contributed by atoms with Crippen LogP contribution in [0.25, 0.3) is 0 Å². The van der Waals surface area contributed by atoms with Gasteiger partial charge in [0.2, 0.25) is 5.91 Å². The number of aryl methyl sites for hydroxylation is 3. The van der Waals surface area contributed by atoms with Crippen molar-refractivity contribution in [2.45, 2.75) is 13.8 Å². The average Bonchev–Trinajstić information content (AvgIpc) is 2.78. The van der Waals surface area contributed by atoms with Crippen LogP contribution >= 0.6 is 0 Å². The number of para-hydroxylation sites is 1. The van der Waals surface area contributed by atoms with E-state index in [2.05, 4.69) is 10.4 Å². The van der Waals surface area contributed by atoms with Crippen molar-refractivity contribution in [3.8, 4) is 5.75 Å². The fourth-order valence-electron chi connectivity index (χ4n) is 2.26. The molecule has 0 saturated heterocycles. The third-order valence-electron chi connectivity index (χ3n) is 3.51. The number of likely N-dealkylation sites (N-methyl/N-ethyl adjacent to an activating group) is 1. The van der Waals surface area contributed by atoms with Crippen molar-refractivity contribution in [1.29, 1.82) is 0 Å². The molecule has 1 N–H and O–H groups in total. The Labute approximate surface area is 137 Å². The molecule has 0 fully saturated rings. The zero-order chi connectivity index (χ0) is 16.8. The van der Waals surface area contributed by atoms with Gasteiger partial charge in [0, 0.05) is 19.7 Å². The van der Waals surface area contributed by atoms with Gasteiger partial charge in [0.15, 0.2) is 0 Å². The van der Waals surface area contributed by atoms with Crippen LogP contribution in [0, 0.1) is 13.8 Å². The van der Waals surface area contributed by atoms with E-state index in [0.29, 0.717) is 25.5 Å². The summed E-state index contributed by atoms with van der Waals surface area (Å²) in [5, 5.41) is 7.06. The molecule has 0 aliphatic heterocycles. The Morgan fingerprint density at radius 1 is 1.35 bits per heavy atom. The summed E-state index contributed by atoms with van der Waals surface area (Å²) in [4.78, 5) is 14.0. The van der Waals surface area contributed by atoms with Crippen LogP contribution in [0.5, 0.6) is 5.75 Å². The number of amides is 1. The first-order valence-electron chi connectivity index (χ1n) is 7.63. The van der Waals surface area contributed by atoms with Crippen LogP contribution < -0.4 is 10.1 Å². The van der Waals surface area contributed by atoms with Gasteiger partial charge in [-0.2, -0.15) is 5.10 Å². The number of hydrogen-bond acceptors (Lipinski definition) is 4. The molecule has 1 amide bonds. The van der Waals surface area contributed by atoms with Crippen LogP contribution in [-0.2, 0) is 11.8 Å². The van der Waals surface area contributed by atoms with Crippen LogP contribution in [0.1, 0.15) is 11.3 Å². The normalized spacial score (nSPS) is 10.8. The van der Waals surface area contributed by atoms with E-state index < -0.39 is 0 Å². The molecule has 1 heterocycles. The van der Waals surface area contributed by atoms with E-state index in [0.717, 1.165) is 17.0 Å². The van der Waals surface area contributed by atoms with Crippen LogP contribution in [-0.4, -0.2) is 47.3 Å². The third-order valence-corrected chi connectivity index (χ3v) is 3.51. The summed E-state index contributed by atoms with van der Waals surface area (Å²) in [7, 11) is 3.71. The number of carbonyl (C=O) groups excluding carboxylic acids is 1. The Balaban J connectivity index is 1.74. The Morgan fingerprint density at radius 2 is 2.09 bits per heavy atom. The lowest BCUT2D eigenvalue weighted by Crippen LogP contribution is -2.33. The van der Waals surface area contributed by atoms with E-state index in [4.69, 9.17) is 4.74 Å². The highest BCUT2D eigenvalue weighted by atomic mass is 16.5. The minimum Gasteiger partial charge on any atom is -0.492 e. The van der Waals surface area contributed by atoms with Crippen molar-refractivity contribution in [3.05, 3.63) is 41.6 Å². The lowest BCUT2D eigenvalue weighted by Gasteiger charge is -2.17. The fourth-order valence-corrected chi connectivity index (χ4v) is 2.26. The van der Waals surface area contributed by atoms with Crippen LogP contribution in [0.4, 0.5) is 5.82 Å². The second kappa shape index (κ2) is 7.78. The van der Waals surface area contributed by atoms with E-state index >= 15 is 0 Å². The van der Waals surface area contributed by atoms with Gasteiger partial charge in [0.05, 0.1) is 12.2 Å². The minimum absolute atomic E-state index is 0.0635. The molecule has 0 aliphatic carbocycles. The quantitative estimate of drug-likeness (QED) is 0.848. The van der Waals surface area contributed by atoms with Crippen molar-refractivity contribution in [3.63, 3.8) is 0 Å². The lowest BCUT2D eigenvalue weighted by atomic mass is 10.2. The molecule has 6 nitrogen and oxygen atoms in total. The third kappa shape index (κ3) is 5.10. The van der Waals surface area contributed by atoms with Gasteiger partial charge < -0.3 is 10.1 Å². The zero-order valence-corrected chi connectivity index (χ0v) is 14.2. The Kier molecular flexibility index (Phi) is 5.76. The van der Waals surface area contributed by atoms with Crippen molar-refractivity contribution < 1.29 is 9.53 Å². The van der Waals surface area contributed by atoms with Crippen molar-refractivity contribution in [1.82, 2.24) is 14.7 Å². The smallest absolute Gasteiger partial charge is 0.239 e. The van der Waals surface area contributed by atoms with Gasteiger partial charge in [0.25, 0.3) is 0 Å². The lowest BCUT2D eigenvalue weighted by molar-refractivity contribution is -0.117. The molecule has 0 bridgehead atoms. The standard InChI is InChI=1S/C17H24N4O2/c1-13-7-5-6-8-15(13)23-10-9-20(3)12-17(22)18-16-11-14(2)19-21(16)4/h5-8,11H,9-10,12H2,1-4H3,(H,18,22). The number of ether oxygens (including phenoxy) is 1. The summed E-state index contributed by atoms with van der Waals surface area (Å²) in [6.45, 7) is 5.43. The highest BCUT2D eigenvalue weighted by Crippen LogP contribution is 2.15. The summed E-state index contributed by atoms with van der Waals surface area (Å²) in [6, 6.07) is 9.75. The van der Waals surface area contributed by atoms with Gasteiger partial charge in [-0.1, -0.05) is 18.2 Å². The Bertz CT molecular complexity index is 666. The summed E-state index contributed by atoms with van der Waals surface area (Å²) in [5.74, 6) is 1.53. The van der Waals surface area contributed by atoms with Gasteiger partial charge in [-0.3, -0.25) is 14.4 Å². The molecule has 0 unspecified atom stereocenters. The topological polar surface area (TPSA) is 59.4 Å². The largest absolute Gasteiger partial charge is 0.492 e. The van der Waals surface area contributed by atoms with Crippen molar-refractivity contribution in [2.24, 2.45) is 7.05 Å². The van der Waals surface area contributed by atoms with Gasteiger partial charge in [-0.25, -0.2) is 0 Å². The second-order valence-electron chi connectivity index (χ2n) is 5.69. The first kappa shape index (κ1) is 17.0. The molecule has 1 aromatic carbocycles. The highest BCUT2D eigenvalue weighted by molar-refractivity contribution is 5.91. The molecule has 0 aliphatic rings. The molecule has 6 heteroatoms. The van der Waals surface area contributed by atoms with E-state index in [-0.39, 0.29) is 5.91 Å². The molecule has 2 aromatic rings. The van der Waals surface area contributed by atoms with E-state index in [9.17, 15) is 4.79 Å². The maximum atomic E-state index is 12.0. The molecule has 0 saturated carbocycles. The van der Waals surface area contributed by atoms with Crippen LogP contribution in [0.3, 0.4) is 0 Å². The van der Waals surface area contributed by atoms with E-state index in [1.807, 2.05) is 63.2 Å². The monoisotopic (exact) mass is 316 g/mol. The second-order valence-corrected chi connectivity index (χ2v) is 5.69. The first-order chi connectivity index (χ1) is 11.0. The molecule has 0 radical (unpaired) electrons. The van der Waals surface area contributed by atoms with Gasteiger partial charge >= 0.3 is 0 Å². The maximum absolute atomic E-state index is 12.0.